The minimum atomic E-state index is -4.44. The number of nitrogens with zero attached hydrogens (tertiary/aromatic N) is 2. The fourth-order valence-electron chi connectivity index (χ4n) is 8.65. The first-order chi connectivity index (χ1) is 33.3. The molecule has 0 aliphatic carbocycles. The second-order valence-electron chi connectivity index (χ2n) is 17.0. The zero-order valence-electron chi connectivity index (χ0n) is 38.7. The fraction of sp³-hybridized carbons (Fsp3) is 0.365. The summed E-state index contributed by atoms with van der Waals surface area (Å²) in [5.41, 5.74) is 4.90. The molecule has 4 aromatic carbocycles. The van der Waals surface area contributed by atoms with Gasteiger partial charge in [0.15, 0.2) is 0 Å². The maximum atomic E-state index is 13.8. The lowest BCUT2D eigenvalue weighted by molar-refractivity contribution is -0.140. The number of fused-ring (bicyclic) bond motifs is 2. The van der Waals surface area contributed by atoms with Crippen LogP contribution in [0, 0.1) is 11.8 Å². The number of alkyl halides is 3. The summed E-state index contributed by atoms with van der Waals surface area (Å²) in [6.07, 6.45) is 4.32. The predicted octanol–water partition coefficient (Wildman–Crippen LogP) is 9.95. The molecule has 2 aromatic heterocycles. The summed E-state index contributed by atoms with van der Waals surface area (Å²) in [6, 6.07) is 23.1. The van der Waals surface area contributed by atoms with Crippen LogP contribution in [0.2, 0.25) is 5.02 Å². The molecule has 13 nitrogen and oxygen atoms in total. The number of carboxylic acid groups (broad SMARTS) is 1. The third-order valence-electron chi connectivity index (χ3n) is 12.2. The molecule has 0 radical (unpaired) electrons. The molecule has 364 valence electrons. The van der Waals surface area contributed by atoms with Gasteiger partial charge in [-0.2, -0.15) is 13.2 Å². The standard InChI is InChI=1S/C52H57ClF3N7O6/c1-57-50(65)35-16-19-45(48(28-35)68-2)58-22-9-10-37-29-41-44(11-8-12-47(41)63(37)33-52(54,55)56)61-36-20-25-62(26-21-36)24-7-5-3-4-6-13-49(64)59-23-27-69-38-17-14-34(15-18-38)39-30-40-42(51(66)67)32-60-46(40)31-43(39)53/h8,11-12,14-19,28-32,36,58,60-61H,3-7,13,20-27,33H2,1-2H3,(H,57,65)(H,59,64)(H,66,67). The SMILES string of the molecule is CNC(=O)c1ccc(NCC#Cc2cc3c(NC4CCN(CCCCCCCC(=O)NCCOc5ccc(-c6cc7c(C(=O)O)c[nH]c7cc6Cl)cc5)CC4)cccc3n2CC(F)(F)F)c(OC)c1. The number of benzene rings is 4. The van der Waals surface area contributed by atoms with Crippen molar-refractivity contribution in [2.75, 3.05) is 64.1 Å². The van der Waals surface area contributed by atoms with Gasteiger partial charge in [-0.05, 0) is 104 Å². The molecule has 1 saturated heterocycles. The van der Waals surface area contributed by atoms with Gasteiger partial charge in [-0.25, -0.2) is 4.79 Å². The fourth-order valence-corrected chi connectivity index (χ4v) is 8.93. The molecule has 6 aromatic rings. The van der Waals surface area contributed by atoms with Gasteiger partial charge in [-0.1, -0.05) is 55.0 Å². The van der Waals surface area contributed by atoms with Crippen LogP contribution in [0.3, 0.4) is 0 Å². The predicted molar refractivity (Wildman–Crippen MR) is 265 cm³/mol. The van der Waals surface area contributed by atoms with Crippen LogP contribution >= 0.6 is 11.6 Å². The molecule has 7 rings (SSSR count). The van der Waals surface area contributed by atoms with Crippen molar-refractivity contribution in [3.8, 4) is 34.5 Å². The zero-order valence-corrected chi connectivity index (χ0v) is 39.4. The number of halogens is 4. The van der Waals surface area contributed by atoms with E-state index in [-0.39, 0.29) is 35.7 Å². The molecule has 0 saturated carbocycles. The number of nitrogens with one attached hydrogen (secondary N) is 5. The van der Waals surface area contributed by atoms with Crippen molar-refractivity contribution < 1.29 is 42.1 Å². The van der Waals surface area contributed by atoms with Crippen LogP contribution in [0.4, 0.5) is 24.5 Å². The molecule has 69 heavy (non-hydrogen) atoms. The van der Waals surface area contributed by atoms with Crippen molar-refractivity contribution >= 4 is 62.6 Å². The molecule has 3 heterocycles. The number of amides is 2. The highest BCUT2D eigenvalue weighted by Crippen LogP contribution is 2.35. The van der Waals surface area contributed by atoms with E-state index in [1.807, 2.05) is 30.3 Å². The lowest BCUT2D eigenvalue weighted by Crippen LogP contribution is -2.39. The summed E-state index contributed by atoms with van der Waals surface area (Å²) in [4.78, 5) is 41.5. The third kappa shape index (κ3) is 13.5. The van der Waals surface area contributed by atoms with E-state index in [9.17, 15) is 32.7 Å². The van der Waals surface area contributed by atoms with E-state index in [0.717, 1.165) is 75.8 Å². The second kappa shape index (κ2) is 23.5. The molecule has 1 fully saturated rings. The zero-order chi connectivity index (χ0) is 48.9. The van der Waals surface area contributed by atoms with Crippen LogP contribution in [0.25, 0.3) is 32.9 Å². The van der Waals surface area contributed by atoms with Gasteiger partial charge in [0.1, 0.15) is 24.7 Å². The number of unbranched alkanes of at least 4 members (excludes halogenated alkanes) is 4. The van der Waals surface area contributed by atoms with E-state index in [0.29, 0.717) is 74.7 Å². The maximum absolute atomic E-state index is 13.8. The highest BCUT2D eigenvalue weighted by molar-refractivity contribution is 6.34. The number of rotatable bonds is 21. The third-order valence-corrected chi connectivity index (χ3v) is 12.6. The Kier molecular flexibility index (Phi) is 17.0. The van der Waals surface area contributed by atoms with Crippen molar-refractivity contribution in [2.45, 2.75) is 70.1 Å². The van der Waals surface area contributed by atoms with E-state index in [2.05, 4.69) is 43.0 Å². The Morgan fingerprint density at radius 1 is 0.928 bits per heavy atom. The number of aromatic nitrogens is 2. The summed E-state index contributed by atoms with van der Waals surface area (Å²) in [6.45, 7) is 2.54. The first-order valence-corrected chi connectivity index (χ1v) is 23.5. The molecular weight excluding hydrogens is 911 g/mol. The van der Waals surface area contributed by atoms with Gasteiger partial charge in [-0.15, -0.1) is 0 Å². The first-order valence-electron chi connectivity index (χ1n) is 23.1. The van der Waals surface area contributed by atoms with Gasteiger partial charge in [0, 0.05) is 71.9 Å². The van der Waals surface area contributed by atoms with Crippen LogP contribution < -0.4 is 30.7 Å². The average Bonchev–Trinajstić information content (AvgIpc) is 3.92. The van der Waals surface area contributed by atoms with Crippen molar-refractivity contribution in [1.29, 1.82) is 0 Å². The second-order valence-corrected chi connectivity index (χ2v) is 17.4. The van der Waals surface area contributed by atoms with Crippen molar-refractivity contribution in [3.05, 3.63) is 107 Å². The number of carbonyl (C=O) groups is 3. The van der Waals surface area contributed by atoms with E-state index in [1.54, 1.807) is 48.5 Å². The number of hydrogen-bond acceptors (Lipinski definition) is 8. The number of piperidine rings is 1. The van der Waals surface area contributed by atoms with Crippen LogP contribution in [0.1, 0.15) is 77.8 Å². The number of likely N-dealkylation sites (tertiary alicyclic amines) is 1. The Labute approximate surface area is 404 Å². The number of carboxylic acids is 1. The minimum absolute atomic E-state index is 0.0000853. The van der Waals surface area contributed by atoms with Gasteiger partial charge < -0.3 is 50.3 Å². The summed E-state index contributed by atoms with van der Waals surface area (Å²) in [5, 5.41) is 23.5. The number of hydrogen-bond donors (Lipinski definition) is 6. The number of methoxy groups -OCH3 is 1. The number of anilines is 2. The van der Waals surface area contributed by atoms with Gasteiger partial charge >= 0.3 is 12.1 Å². The van der Waals surface area contributed by atoms with E-state index < -0.39 is 18.7 Å². The van der Waals surface area contributed by atoms with E-state index in [1.165, 1.54) is 24.9 Å². The largest absolute Gasteiger partial charge is 0.495 e. The van der Waals surface area contributed by atoms with Gasteiger partial charge in [0.25, 0.3) is 5.91 Å². The Balaban J connectivity index is 0.781. The smallest absolute Gasteiger partial charge is 0.406 e. The quantitative estimate of drug-likeness (QED) is 0.0305. The molecule has 0 spiro atoms. The lowest BCUT2D eigenvalue weighted by Gasteiger charge is -2.33. The maximum Gasteiger partial charge on any atom is 0.406 e. The first kappa shape index (κ1) is 50.1. The average molecular weight is 969 g/mol. The Morgan fingerprint density at radius 2 is 1.70 bits per heavy atom. The summed E-state index contributed by atoms with van der Waals surface area (Å²) in [7, 11) is 3.03. The molecule has 0 atom stereocenters. The molecule has 1 aliphatic rings. The number of ether oxygens (including phenoxy) is 2. The molecule has 6 N–H and O–H groups in total. The number of aromatic amines is 1. The minimum Gasteiger partial charge on any atom is -0.495 e. The van der Waals surface area contributed by atoms with Crippen LogP contribution in [-0.2, 0) is 11.3 Å². The monoisotopic (exact) mass is 967 g/mol. The number of H-pyrrole nitrogens is 1. The highest BCUT2D eigenvalue weighted by atomic mass is 35.5. The topological polar surface area (TPSA) is 162 Å². The van der Waals surface area contributed by atoms with Crippen LogP contribution in [0.5, 0.6) is 11.5 Å². The molecule has 17 heteroatoms. The normalized spacial score (nSPS) is 13.2. The summed E-state index contributed by atoms with van der Waals surface area (Å²) in [5.74, 6) is 5.72. The van der Waals surface area contributed by atoms with E-state index >= 15 is 0 Å². The van der Waals surface area contributed by atoms with Gasteiger partial charge in [-0.3, -0.25) is 9.59 Å². The van der Waals surface area contributed by atoms with E-state index in [4.69, 9.17) is 21.1 Å². The Bertz CT molecular complexity index is 2810. The number of aromatic carboxylic acids is 1. The Morgan fingerprint density at radius 3 is 2.43 bits per heavy atom. The Hall–Kier alpha value is -6.83. The molecular formula is C52H57ClF3N7O6. The molecule has 0 unspecified atom stereocenters. The van der Waals surface area contributed by atoms with Crippen molar-refractivity contribution in [2.24, 2.45) is 0 Å². The molecule has 1 aliphatic heterocycles. The molecule has 2 amide bonds. The van der Waals surface area contributed by atoms with Crippen LogP contribution in [0.15, 0.2) is 85.1 Å². The van der Waals surface area contributed by atoms with Gasteiger partial charge in [0.2, 0.25) is 5.91 Å². The molecule has 0 bridgehead atoms. The summed E-state index contributed by atoms with van der Waals surface area (Å²) >= 11 is 6.50. The van der Waals surface area contributed by atoms with Crippen molar-refractivity contribution in [3.63, 3.8) is 0 Å². The highest BCUT2D eigenvalue weighted by Gasteiger charge is 2.30. The lowest BCUT2D eigenvalue weighted by atomic mass is 10.0. The van der Waals surface area contributed by atoms with Crippen molar-refractivity contribution in [1.82, 2.24) is 25.1 Å². The van der Waals surface area contributed by atoms with Crippen LogP contribution in [-0.4, -0.2) is 103 Å². The van der Waals surface area contributed by atoms with Gasteiger partial charge in [0.05, 0.1) is 47.7 Å². The summed E-state index contributed by atoms with van der Waals surface area (Å²) < 4.78 is 54.0. The number of carbonyl (C=O) groups excluding carboxylic acids is 2.